The van der Waals surface area contributed by atoms with Crippen molar-refractivity contribution in [3.05, 3.63) is 28.4 Å². The molecule has 2 rings (SSSR count). The summed E-state index contributed by atoms with van der Waals surface area (Å²) >= 11 is 1.50. The first-order valence-electron chi connectivity index (χ1n) is 5.24. The van der Waals surface area contributed by atoms with Crippen LogP contribution in [0.5, 0.6) is 0 Å². The minimum Gasteiger partial charge on any atom is -0.316 e. The van der Waals surface area contributed by atoms with E-state index in [-0.39, 0.29) is 10.6 Å². The molecule has 6 heteroatoms. The maximum absolute atomic E-state index is 10.8. The van der Waals surface area contributed by atoms with Gasteiger partial charge < -0.3 is 5.32 Å². The lowest BCUT2D eigenvalue weighted by Crippen LogP contribution is -2.31. The monoisotopic (exact) mass is 239 g/mol. The van der Waals surface area contributed by atoms with E-state index in [1.165, 1.54) is 17.8 Å². The first-order chi connectivity index (χ1) is 7.77. The Kier molecular flexibility index (Phi) is 3.74. The van der Waals surface area contributed by atoms with Gasteiger partial charge in [-0.15, -0.1) is 0 Å². The zero-order chi connectivity index (χ0) is 11.4. The zero-order valence-electron chi connectivity index (χ0n) is 8.76. The van der Waals surface area contributed by atoms with Crippen LogP contribution in [0.4, 0.5) is 5.69 Å². The van der Waals surface area contributed by atoms with E-state index in [4.69, 9.17) is 0 Å². The van der Waals surface area contributed by atoms with Gasteiger partial charge in [0.1, 0.15) is 0 Å². The predicted octanol–water partition coefficient (Wildman–Crippen LogP) is 1.83. The van der Waals surface area contributed by atoms with Gasteiger partial charge in [-0.1, -0.05) is 11.8 Å². The zero-order valence-corrected chi connectivity index (χ0v) is 9.57. The Morgan fingerprint density at radius 1 is 1.62 bits per heavy atom. The third-order valence-electron chi connectivity index (χ3n) is 2.48. The van der Waals surface area contributed by atoms with Gasteiger partial charge in [0.15, 0.2) is 5.03 Å². The summed E-state index contributed by atoms with van der Waals surface area (Å²) < 4.78 is 0. The molecule has 0 bridgehead atoms. The molecule has 86 valence electrons. The summed E-state index contributed by atoms with van der Waals surface area (Å²) in [5.41, 5.74) is 0.109. The average molecular weight is 239 g/mol. The van der Waals surface area contributed by atoms with Crippen LogP contribution in [0, 0.1) is 10.1 Å². The Bertz CT molecular complexity index is 380. The van der Waals surface area contributed by atoms with Gasteiger partial charge in [0.2, 0.25) is 0 Å². The third-order valence-corrected chi connectivity index (χ3v) is 3.75. The lowest BCUT2D eigenvalue weighted by Gasteiger charge is -2.21. The maximum Gasteiger partial charge on any atom is 0.301 e. The van der Waals surface area contributed by atoms with E-state index in [1.54, 1.807) is 12.3 Å². The number of aromatic nitrogens is 1. The Hall–Kier alpha value is -1.14. The van der Waals surface area contributed by atoms with Crippen molar-refractivity contribution in [1.29, 1.82) is 0 Å². The molecule has 1 saturated heterocycles. The van der Waals surface area contributed by atoms with E-state index in [9.17, 15) is 10.1 Å². The fraction of sp³-hybridized carbons (Fsp3) is 0.500. The molecule has 0 spiro atoms. The van der Waals surface area contributed by atoms with Gasteiger partial charge in [0.05, 0.1) is 4.92 Å². The number of hydrogen-bond donors (Lipinski definition) is 1. The molecule has 1 fully saturated rings. The van der Waals surface area contributed by atoms with Crippen LogP contribution >= 0.6 is 11.8 Å². The molecule has 0 radical (unpaired) electrons. The molecule has 1 aliphatic rings. The highest BCUT2D eigenvalue weighted by molar-refractivity contribution is 8.00. The molecule has 0 aromatic carbocycles. The topological polar surface area (TPSA) is 68.1 Å². The van der Waals surface area contributed by atoms with Crippen molar-refractivity contribution < 1.29 is 4.92 Å². The highest BCUT2D eigenvalue weighted by Gasteiger charge is 2.20. The summed E-state index contributed by atoms with van der Waals surface area (Å²) in [5, 5.41) is 15.0. The summed E-state index contributed by atoms with van der Waals surface area (Å²) in [4.78, 5) is 14.5. The quantitative estimate of drug-likeness (QED) is 0.644. The summed E-state index contributed by atoms with van der Waals surface area (Å²) in [7, 11) is 0. The van der Waals surface area contributed by atoms with E-state index in [0.717, 1.165) is 25.9 Å². The van der Waals surface area contributed by atoms with E-state index < -0.39 is 0 Å². The molecule has 2 heterocycles. The molecule has 1 aromatic heterocycles. The molecule has 0 amide bonds. The third kappa shape index (κ3) is 2.70. The van der Waals surface area contributed by atoms with Gasteiger partial charge in [0, 0.05) is 24.1 Å². The van der Waals surface area contributed by atoms with Crippen molar-refractivity contribution >= 4 is 17.4 Å². The lowest BCUT2D eigenvalue weighted by molar-refractivity contribution is -0.388. The number of piperidine rings is 1. The second-order valence-corrected chi connectivity index (χ2v) is 4.96. The fourth-order valence-electron chi connectivity index (χ4n) is 1.69. The average Bonchev–Trinajstić information content (AvgIpc) is 2.31. The van der Waals surface area contributed by atoms with Crippen LogP contribution in [0.15, 0.2) is 23.4 Å². The number of hydrogen-bond acceptors (Lipinski definition) is 5. The number of nitrogens with one attached hydrogen (secondary N) is 1. The van der Waals surface area contributed by atoms with Gasteiger partial charge >= 0.3 is 5.69 Å². The van der Waals surface area contributed by atoms with Crippen molar-refractivity contribution in [2.24, 2.45) is 0 Å². The normalized spacial score (nSPS) is 20.6. The van der Waals surface area contributed by atoms with Crippen LogP contribution < -0.4 is 5.32 Å². The summed E-state index contributed by atoms with van der Waals surface area (Å²) in [6.07, 6.45) is 3.81. The fourth-order valence-corrected chi connectivity index (χ4v) is 2.88. The largest absolute Gasteiger partial charge is 0.316 e. The Balaban J connectivity index is 2.10. The number of thioether (sulfide) groups is 1. The molecule has 16 heavy (non-hydrogen) atoms. The summed E-state index contributed by atoms with van der Waals surface area (Å²) in [6, 6.07) is 3.10. The van der Waals surface area contributed by atoms with Gasteiger partial charge in [0.25, 0.3) is 0 Å². The second kappa shape index (κ2) is 5.27. The molecular weight excluding hydrogens is 226 g/mol. The van der Waals surface area contributed by atoms with Crippen molar-refractivity contribution in [3.63, 3.8) is 0 Å². The SMILES string of the molecule is O=[N+]([O-])c1cccnc1S[C@@H]1CCCNC1. The number of nitro groups is 1. The molecule has 1 atom stereocenters. The van der Waals surface area contributed by atoms with Crippen molar-refractivity contribution in [2.45, 2.75) is 23.1 Å². The maximum atomic E-state index is 10.8. The molecule has 0 saturated carbocycles. The Morgan fingerprint density at radius 2 is 2.50 bits per heavy atom. The van der Waals surface area contributed by atoms with Crippen LogP contribution in [0.3, 0.4) is 0 Å². The van der Waals surface area contributed by atoms with Crippen LogP contribution in [-0.2, 0) is 0 Å². The molecule has 0 aliphatic carbocycles. The number of rotatable bonds is 3. The van der Waals surface area contributed by atoms with Crippen molar-refractivity contribution in [2.75, 3.05) is 13.1 Å². The summed E-state index contributed by atoms with van der Waals surface area (Å²) in [6.45, 7) is 1.94. The van der Waals surface area contributed by atoms with Crippen molar-refractivity contribution in [3.8, 4) is 0 Å². The lowest BCUT2D eigenvalue weighted by atomic mass is 10.2. The van der Waals surface area contributed by atoms with Gasteiger partial charge in [-0.25, -0.2) is 4.98 Å². The molecule has 1 aliphatic heterocycles. The molecule has 1 aromatic rings. The minimum atomic E-state index is -0.369. The smallest absolute Gasteiger partial charge is 0.301 e. The Labute approximate surface area is 97.8 Å². The van der Waals surface area contributed by atoms with E-state index in [2.05, 4.69) is 10.3 Å². The van der Waals surface area contributed by atoms with Gasteiger partial charge in [-0.3, -0.25) is 10.1 Å². The predicted molar refractivity (Wildman–Crippen MR) is 62.6 cm³/mol. The van der Waals surface area contributed by atoms with Crippen LogP contribution in [0.1, 0.15) is 12.8 Å². The highest BCUT2D eigenvalue weighted by Crippen LogP contribution is 2.31. The van der Waals surface area contributed by atoms with E-state index >= 15 is 0 Å². The summed E-state index contributed by atoms with van der Waals surface area (Å²) in [5.74, 6) is 0. The highest BCUT2D eigenvalue weighted by atomic mass is 32.2. The second-order valence-electron chi connectivity index (χ2n) is 3.67. The molecule has 1 N–H and O–H groups in total. The van der Waals surface area contributed by atoms with Crippen LogP contribution in [0.25, 0.3) is 0 Å². The van der Waals surface area contributed by atoms with Gasteiger partial charge in [-0.05, 0) is 25.5 Å². The molecule has 0 unspecified atom stereocenters. The van der Waals surface area contributed by atoms with Gasteiger partial charge in [-0.2, -0.15) is 0 Å². The minimum absolute atomic E-state index is 0.109. The van der Waals surface area contributed by atoms with Crippen LogP contribution in [-0.4, -0.2) is 28.2 Å². The molecule has 5 nitrogen and oxygen atoms in total. The number of nitrogens with zero attached hydrogens (tertiary/aromatic N) is 2. The van der Waals surface area contributed by atoms with E-state index in [1.807, 2.05) is 0 Å². The Morgan fingerprint density at radius 3 is 3.19 bits per heavy atom. The molecular formula is C10H13N3O2S. The first-order valence-corrected chi connectivity index (χ1v) is 6.12. The van der Waals surface area contributed by atoms with E-state index in [0.29, 0.717) is 10.3 Å². The van der Waals surface area contributed by atoms with Crippen LogP contribution in [0.2, 0.25) is 0 Å². The number of pyridine rings is 1. The van der Waals surface area contributed by atoms with Crippen molar-refractivity contribution in [1.82, 2.24) is 10.3 Å². The standard InChI is InChI=1S/C10H13N3O2S/c14-13(15)9-4-2-6-12-10(9)16-8-3-1-5-11-7-8/h2,4,6,8,11H,1,3,5,7H2/t8-/m1/s1. The first kappa shape index (κ1) is 11.3.